The lowest BCUT2D eigenvalue weighted by atomic mass is 10.2. The van der Waals surface area contributed by atoms with Gasteiger partial charge in [0.25, 0.3) is 0 Å². The second-order valence-electron chi connectivity index (χ2n) is 5.61. The van der Waals surface area contributed by atoms with Crippen molar-refractivity contribution in [3.8, 4) is 11.5 Å². The van der Waals surface area contributed by atoms with Crippen molar-refractivity contribution in [1.29, 1.82) is 0 Å². The summed E-state index contributed by atoms with van der Waals surface area (Å²) in [6.45, 7) is 5.81. The molecule has 2 unspecified atom stereocenters. The molecule has 2 heterocycles. The Morgan fingerprint density at radius 2 is 1.86 bits per heavy atom. The molecular formula is C15H18FN3O3. The zero-order chi connectivity index (χ0) is 15.7. The summed E-state index contributed by atoms with van der Waals surface area (Å²) in [6, 6.07) is 5.67. The molecule has 0 saturated carbocycles. The van der Waals surface area contributed by atoms with Crippen LogP contribution in [0.2, 0.25) is 0 Å². The first-order valence-electron chi connectivity index (χ1n) is 7.23. The molecule has 1 aromatic heterocycles. The number of nitrogens with zero attached hydrogens (tertiary/aromatic N) is 3. The SMILES string of the molecule is CC1CN(Cn2nc(-c3ccc(F)cc3)oc2=O)CC(C)O1. The van der Waals surface area contributed by atoms with Crippen molar-refractivity contribution in [3.63, 3.8) is 0 Å². The molecule has 0 N–H and O–H groups in total. The molecule has 1 aromatic carbocycles. The molecule has 6 nitrogen and oxygen atoms in total. The predicted molar refractivity (Wildman–Crippen MR) is 77.7 cm³/mol. The molecule has 22 heavy (non-hydrogen) atoms. The zero-order valence-corrected chi connectivity index (χ0v) is 12.5. The van der Waals surface area contributed by atoms with Gasteiger partial charge in [0, 0.05) is 18.7 Å². The molecule has 3 rings (SSSR count). The van der Waals surface area contributed by atoms with Crippen LogP contribution in [0.1, 0.15) is 13.8 Å². The standard InChI is InChI=1S/C15H18FN3O3/c1-10-7-18(8-11(2)21-10)9-19-15(20)22-14(17-19)12-3-5-13(16)6-4-12/h3-6,10-11H,7-9H2,1-2H3. The Bertz CT molecular complexity index is 685. The maximum atomic E-state index is 12.9. The number of hydrogen-bond acceptors (Lipinski definition) is 5. The molecular weight excluding hydrogens is 289 g/mol. The number of hydrogen-bond donors (Lipinski definition) is 0. The van der Waals surface area contributed by atoms with E-state index in [1.807, 2.05) is 13.8 Å². The van der Waals surface area contributed by atoms with E-state index >= 15 is 0 Å². The van der Waals surface area contributed by atoms with Crippen molar-refractivity contribution in [3.05, 3.63) is 40.6 Å². The van der Waals surface area contributed by atoms with Gasteiger partial charge in [0.15, 0.2) is 0 Å². The fourth-order valence-corrected chi connectivity index (χ4v) is 2.69. The second kappa shape index (κ2) is 6.02. The van der Waals surface area contributed by atoms with Gasteiger partial charge in [0.1, 0.15) is 12.5 Å². The topological polar surface area (TPSA) is 60.5 Å². The third kappa shape index (κ3) is 3.26. The lowest BCUT2D eigenvalue weighted by Crippen LogP contribution is -2.47. The van der Waals surface area contributed by atoms with Gasteiger partial charge >= 0.3 is 5.76 Å². The molecule has 2 aromatic rings. The number of ether oxygens (including phenoxy) is 1. The Morgan fingerprint density at radius 3 is 2.50 bits per heavy atom. The summed E-state index contributed by atoms with van der Waals surface area (Å²) in [5.41, 5.74) is 0.570. The highest BCUT2D eigenvalue weighted by molar-refractivity contribution is 5.51. The number of aromatic nitrogens is 2. The minimum absolute atomic E-state index is 0.114. The van der Waals surface area contributed by atoms with E-state index in [1.165, 1.54) is 28.9 Å². The minimum Gasteiger partial charge on any atom is -0.388 e. The van der Waals surface area contributed by atoms with E-state index in [1.54, 1.807) is 0 Å². The fraction of sp³-hybridized carbons (Fsp3) is 0.467. The fourth-order valence-electron chi connectivity index (χ4n) is 2.69. The van der Waals surface area contributed by atoms with Gasteiger partial charge in [0.05, 0.1) is 12.2 Å². The van der Waals surface area contributed by atoms with Gasteiger partial charge in [-0.05, 0) is 38.1 Å². The van der Waals surface area contributed by atoms with Gasteiger partial charge in [0.2, 0.25) is 5.89 Å². The van der Waals surface area contributed by atoms with Gasteiger partial charge in [-0.1, -0.05) is 0 Å². The maximum absolute atomic E-state index is 12.9. The summed E-state index contributed by atoms with van der Waals surface area (Å²) in [5.74, 6) is -0.674. The molecule has 1 fully saturated rings. The van der Waals surface area contributed by atoms with E-state index in [2.05, 4.69) is 10.00 Å². The van der Waals surface area contributed by atoms with Crippen molar-refractivity contribution in [2.45, 2.75) is 32.7 Å². The van der Waals surface area contributed by atoms with E-state index in [9.17, 15) is 9.18 Å². The second-order valence-corrected chi connectivity index (χ2v) is 5.61. The monoisotopic (exact) mass is 307 g/mol. The van der Waals surface area contributed by atoms with E-state index in [0.29, 0.717) is 12.2 Å². The molecule has 7 heteroatoms. The van der Waals surface area contributed by atoms with Gasteiger partial charge in [-0.15, -0.1) is 5.10 Å². The average Bonchev–Trinajstić information content (AvgIpc) is 2.80. The molecule has 0 radical (unpaired) electrons. The summed E-state index contributed by atoms with van der Waals surface area (Å²) >= 11 is 0. The molecule has 1 aliphatic heterocycles. The van der Waals surface area contributed by atoms with Crippen LogP contribution in [0.5, 0.6) is 0 Å². The summed E-state index contributed by atoms with van der Waals surface area (Å²) in [7, 11) is 0. The molecule has 1 saturated heterocycles. The largest absolute Gasteiger partial charge is 0.438 e. The van der Waals surface area contributed by atoms with E-state index in [0.717, 1.165) is 13.1 Å². The van der Waals surface area contributed by atoms with Crippen LogP contribution in [0.25, 0.3) is 11.5 Å². The Kier molecular flexibility index (Phi) is 4.08. The summed E-state index contributed by atoms with van der Waals surface area (Å²) in [4.78, 5) is 14.0. The van der Waals surface area contributed by atoms with Crippen LogP contribution >= 0.6 is 0 Å². The van der Waals surface area contributed by atoms with Gasteiger partial charge in [-0.2, -0.15) is 4.68 Å². The Balaban J connectivity index is 1.78. The van der Waals surface area contributed by atoms with Crippen LogP contribution in [0.15, 0.2) is 33.5 Å². The van der Waals surface area contributed by atoms with Crippen LogP contribution in [0, 0.1) is 5.82 Å². The highest BCUT2D eigenvalue weighted by Crippen LogP contribution is 2.16. The number of morpholine rings is 1. The third-order valence-electron chi connectivity index (χ3n) is 3.53. The minimum atomic E-state index is -0.522. The van der Waals surface area contributed by atoms with Crippen LogP contribution < -0.4 is 5.76 Å². The normalized spacial score (nSPS) is 22.9. The lowest BCUT2D eigenvalue weighted by molar-refractivity contribution is -0.0780. The molecule has 0 amide bonds. The van der Waals surface area contributed by atoms with E-state index in [-0.39, 0.29) is 23.9 Å². The number of halogens is 1. The first-order valence-corrected chi connectivity index (χ1v) is 7.23. The van der Waals surface area contributed by atoms with Crippen LogP contribution in [0.4, 0.5) is 4.39 Å². The molecule has 2 atom stereocenters. The van der Waals surface area contributed by atoms with E-state index < -0.39 is 5.76 Å². The molecule has 0 bridgehead atoms. The van der Waals surface area contributed by atoms with Crippen molar-refractivity contribution >= 4 is 0 Å². The zero-order valence-electron chi connectivity index (χ0n) is 12.5. The van der Waals surface area contributed by atoms with Crippen molar-refractivity contribution in [1.82, 2.24) is 14.7 Å². The smallest absolute Gasteiger partial charge is 0.388 e. The maximum Gasteiger partial charge on any atom is 0.438 e. The molecule has 118 valence electrons. The Labute approximate surface area is 127 Å². The summed E-state index contributed by atoms with van der Waals surface area (Å²) in [6.07, 6.45) is 0.228. The van der Waals surface area contributed by atoms with Gasteiger partial charge in [-0.25, -0.2) is 9.18 Å². The number of rotatable bonds is 3. The number of benzene rings is 1. The average molecular weight is 307 g/mol. The molecule has 1 aliphatic rings. The van der Waals surface area contributed by atoms with Crippen molar-refractivity contribution < 1.29 is 13.5 Å². The summed E-state index contributed by atoms with van der Waals surface area (Å²) < 4.78 is 25.0. The highest BCUT2D eigenvalue weighted by Gasteiger charge is 2.23. The third-order valence-corrected chi connectivity index (χ3v) is 3.53. The van der Waals surface area contributed by atoms with Gasteiger partial charge < -0.3 is 9.15 Å². The molecule has 0 aliphatic carbocycles. The Hall–Kier alpha value is -1.99. The van der Waals surface area contributed by atoms with Crippen molar-refractivity contribution in [2.75, 3.05) is 13.1 Å². The first-order chi connectivity index (χ1) is 10.5. The van der Waals surface area contributed by atoms with Crippen LogP contribution in [-0.4, -0.2) is 40.0 Å². The highest BCUT2D eigenvalue weighted by atomic mass is 19.1. The lowest BCUT2D eigenvalue weighted by Gasteiger charge is -2.34. The van der Waals surface area contributed by atoms with Crippen LogP contribution in [0.3, 0.4) is 0 Å². The van der Waals surface area contributed by atoms with Crippen molar-refractivity contribution in [2.24, 2.45) is 0 Å². The van der Waals surface area contributed by atoms with E-state index in [4.69, 9.17) is 9.15 Å². The Morgan fingerprint density at radius 1 is 1.23 bits per heavy atom. The van der Waals surface area contributed by atoms with Gasteiger partial charge in [-0.3, -0.25) is 4.90 Å². The summed E-state index contributed by atoms with van der Waals surface area (Å²) in [5, 5.41) is 4.19. The molecule has 0 spiro atoms. The quantitative estimate of drug-likeness (QED) is 0.864. The van der Waals surface area contributed by atoms with Crippen LogP contribution in [-0.2, 0) is 11.4 Å². The first kappa shape index (κ1) is 14.9. The predicted octanol–water partition coefficient (Wildman–Crippen LogP) is 1.71.